The maximum absolute atomic E-state index is 11.4. The minimum atomic E-state index is -3.69. The summed E-state index contributed by atoms with van der Waals surface area (Å²) in [7, 11) is -3.69. The Balaban J connectivity index is 2.20. The number of hydrogen-bond donors (Lipinski definition) is 0. The van der Waals surface area contributed by atoms with Gasteiger partial charge < -0.3 is 4.74 Å². The van der Waals surface area contributed by atoms with Crippen LogP contribution in [0, 0.1) is 0 Å². The number of para-hydroxylation sites is 1. The molecule has 2 rings (SSSR count). The number of sulfone groups is 1. The number of ether oxygens (including phenoxy) is 1. The smallest absolute Gasteiger partial charge is 0.154 e. The fraction of sp³-hybridized carbons (Fsp3) is 0.400. The van der Waals surface area contributed by atoms with Crippen LogP contribution in [0.4, 0.5) is 0 Å². The molecular formula is C10H12O3S. The predicted molar refractivity (Wildman–Crippen MR) is 54.1 cm³/mol. The van der Waals surface area contributed by atoms with Crippen LogP contribution < -0.4 is 4.74 Å². The molecule has 1 fully saturated rings. The first-order chi connectivity index (χ1) is 7.43. The van der Waals surface area contributed by atoms with Crippen LogP contribution in [0.2, 0.25) is 0 Å². The van der Waals surface area contributed by atoms with Gasteiger partial charge in [-0.25, -0.2) is 8.42 Å². The second kappa shape index (κ2) is 3.61. The van der Waals surface area contributed by atoms with Crippen molar-refractivity contribution in [3.05, 3.63) is 30.3 Å². The Hall–Kier alpha value is -1.03. The first-order valence-corrected chi connectivity index (χ1v) is 6.03. The molecule has 1 heterocycles. The molecule has 1 aliphatic heterocycles. The van der Waals surface area contributed by atoms with Gasteiger partial charge in [-0.05, 0) is 18.6 Å². The van der Waals surface area contributed by atoms with Crippen molar-refractivity contribution in [3.8, 4) is 5.75 Å². The highest BCUT2D eigenvalue weighted by Crippen LogP contribution is 2.18. The lowest BCUT2D eigenvalue weighted by molar-refractivity contribution is 0.229. The Kier molecular flexibility index (Phi) is 1.88. The zero-order valence-electron chi connectivity index (χ0n) is 9.51. The molecule has 0 bridgehead atoms. The highest BCUT2D eigenvalue weighted by Gasteiger charge is 2.29. The van der Waals surface area contributed by atoms with Crippen LogP contribution in [0.3, 0.4) is 0 Å². The van der Waals surface area contributed by atoms with E-state index in [4.69, 9.17) is 7.48 Å². The van der Waals surface area contributed by atoms with Gasteiger partial charge in [0.15, 0.2) is 9.84 Å². The zero-order chi connectivity index (χ0) is 11.8. The molecule has 0 saturated carbocycles. The average molecular weight is 214 g/mol. The summed E-state index contributed by atoms with van der Waals surface area (Å²) in [6, 6.07) is 8.69. The molecule has 1 aromatic carbocycles. The molecule has 1 aromatic rings. The van der Waals surface area contributed by atoms with Crippen molar-refractivity contribution in [3.63, 3.8) is 0 Å². The van der Waals surface area contributed by atoms with E-state index in [9.17, 15) is 8.42 Å². The lowest BCUT2D eigenvalue weighted by Gasteiger charge is -2.10. The Morgan fingerprint density at radius 1 is 1.36 bits per heavy atom. The Morgan fingerprint density at radius 2 is 2.07 bits per heavy atom. The van der Waals surface area contributed by atoms with Crippen molar-refractivity contribution in [2.24, 2.45) is 0 Å². The summed E-state index contributed by atoms with van der Waals surface area (Å²) in [6.07, 6.45) is -0.718. The summed E-state index contributed by atoms with van der Waals surface area (Å²) in [5, 5.41) is 0. The molecule has 1 atom stereocenters. The van der Waals surface area contributed by atoms with Gasteiger partial charge in [0, 0.05) is 2.74 Å². The topological polar surface area (TPSA) is 43.4 Å². The lowest BCUT2D eigenvalue weighted by atomic mass is 10.3. The van der Waals surface area contributed by atoms with Crippen LogP contribution in [-0.4, -0.2) is 26.0 Å². The van der Waals surface area contributed by atoms with Crippen LogP contribution in [0.25, 0.3) is 0 Å². The van der Waals surface area contributed by atoms with E-state index in [0.717, 1.165) is 0 Å². The van der Waals surface area contributed by atoms with Gasteiger partial charge in [-0.2, -0.15) is 0 Å². The number of benzene rings is 1. The van der Waals surface area contributed by atoms with E-state index in [0.29, 0.717) is 5.75 Å². The molecular weight excluding hydrogens is 200 g/mol. The second-order valence-electron chi connectivity index (χ2n) is 3.14. The third kappa shape index (κ3) is 2.26. The fourth-order valence-electron chi connectivity index (χ4n) is 1.33. The summed E-state index contributed by atoms with van der Waals surface area (Å²) in [6.45, 7) is 0. The lowest BCUT2D eigenvalue weighted by Crippen LogP contribution is -2.17. The number of hydrogen-bond acceptors (Lipinski definition) is 3. The van der Waals surface area contributed by atoms with Gasteiger partial charge in [-0.3, -0.25) is 0 Å². The van der Waals surface area contributed by atoms with Crippen molar-refractivity contribution >= 4 is 9.84 Å². The fourth-order valence-corrected chi connectivity index (χ4v) is 2.54. The molecule has 1 saturated heterocycles. The highest BCUT2D eigenvalue weighted by atomic mass is 32.2. The van der Waals surface area contributed by atoms with Crippen molar-refractivity contribution in [1.29, 1.82) is 0 Å². The molecule has 14 heavy (non-hydrogen) atoms. The SMILES string of the molecule is [2H]C1([2H])C(Oc2ccccc2)CCS1(=O)=O. The predicted octanol–water partition coefficient (Wildman–Crippen LogP) is 1.25. The monoisotopic (exact) mass is 214 g/mol. The number of rotatable bonds is 2. The van der Waals surface area contributed by atoms with Crippen LogP contribution in [0.1, 0.15) is 9.16 Å². The van der Waals surface area contributed by atoms with E-state index in [-0.39, 0.29) is 12.2 Å². The van der Waals surface area contributed by atoms with Crippen LogP contribution in [-0.2, 0) is 9.84 Å². The maximum atomic E-state index is 11.4. The molecule has 1 unspecified atom stereocenters. The largest absolute Gasteiger partial charge is 0.489 e. The standard InChI is InChI=1S/C10H12O3S/c11-14(12)7-6-10(8-14)13-9-4-2-1-3-5-9/h1-5,10H,6-8H2/i8D2. The minimum Gasteiger partial charge on any atom is -0.489 e. The maximum Gasteiger partial charge on any atom is 0.154 e. The van der Waals surface area contributed by atoms with E-state index in [1.54, 1.807) is 24.3 Å². The van der Waals surface area contributed by atoms with Gasteiger partial charge >= 0.3 is 0 Å². The van der Waals surface area contributed by atoms with Crippen molar-refractivity contribution < 1.29 is 15.9 Å². The van der Waals surface area contributed by atoms with Gasteiger partial charge in [0.2, 0.25) is 0 Å². The first kappa shape index (κ1) is 7.29. The average Bonchev–Trinajstić information content (AvgIpc) is 2.43. The third-order valence-corrected chi connectivity index (χ3v) is 3.38. The van der Waals surface area contributed by atoms with E-state index in [1.165, 1.54) is 0 Å². The zero-order valence-corrected chi connectivity index (χ0v) is 8.33. The van der Waals surface area contributed by atoms with Crippen LogP contribution >= 0.6 is 0 Å². The quantitative estimate of drug-likeness (QED) is 0.744. The molecule has 0 aromatic heterocycles. The molecule has 0 radical (unpaired) electrons. The molecule has 76 valence electrons. The summed E-state index contributed by atoms with van der Waals surface area (Å²) >= 11 is 0. The van der Waals surface area contributed by atoms with E-state index >= 15 is 0 Å². The Morgan fingerprint density at radius 3 is 2.64 bits per heavy atom. The van der Waals surface area contributed by atoms with Gasteiger partial charge in [0.05, 0.1) is 11.5 Å². The first-order valence-electron chi connectivity index (χ1n) is 5.37. The highest BCUT2D eigenvalue weighted by molar-refractivity contribution is 7.91. The minimum absolute atomic E-state index is 0.155. The van der Waals surface area contributed by atoms with Crippen LogP contribution in [0.5, 0.6) is 5.75 Å². The molecule has 0 spiro atoms. The normalized spacial score (nSPS) is 30.4. The Labute approximate surface area is 86.4 Å². The molecule has 0 aliphatic carbocycles. The van der Waals surface area contributed by atoms with Gasteiger partial charge in [0.1, 0.15) is 11.9 Å². The summed E-state index contributed by atoms with van der Waals surface area (Å²) < 4.78 is 43.3. The van der Waals surface area contributed by atoms with E-state index in [2.05, 4.69) is 0 Å². The second-order valence-corrected chi connectivity index (χ2v) is 5.02. The summed E-state index contributed by atoms with van der Waals surface area (Å²) in [5.41, 5.74) is -2.29. The van der Waals surface area contributed by atoms with E-state index in [1.807, 2.05) is 6.07 Å². The molecule has 0 amide bonds. The Bertz CT molecular complexity index is 470. The molecule has 0 N–H and O–H groups in total. The van der Waals surface area contributed by atoms with Crippen molar-refractivity contribution in [1.82, 2.24) is 0 Å². The molecule has 1 aliphatic rings. The molecule has 3 nitrogen and oxygen atoms in total. The van der Waals surface area contributed by atoms with Crippen molar-refractivity contribution in [2.75, 3.05) is 11.5 Å². The van der Waals surface area contributed by atoms with E-state index < -0.39 is 21.6 Å². The van der Waals surface area contributed by atoms with Gasteiger partial charge in [-0.1, -0.05) is 18.2 Å². The van der Waals surface area contributed by atoms with Crippen LogP contribution in [0.15, 0.2) is 30.3 Å². The molecule has 4 heteroatoms. The summed E-state index contributed by atoms with van der Waals surface area (Å²) in [5.74, 6) is 0.339. The third-order valence-electron chi connectivity index (χ3n) is 1.98. The van der Waals surface area contributed by atoms with Gasteiger partial charge in [0.25, 0.3) is 0 Å². The van der Waals surface area contributed by atoms with Crippen molar-refractivity contribution in [2.45, 2.75) is 12.5 Å². The summed E-state index contributed by atoms with van der Waals surface area (Å²) in [4.78, 5) is 0. The van der Waals surface area contributed by atoms with Gasteiger partial charge in [-0.15, -0.1) is 0 Å².